The first-order valence-corrected chi connectivity index (χ1v) is 6.31. The van der Waals surface area contributed by atoms with Gasteiger partial charge in [-0.2, -0.15) is 0 Å². The van der Waals surface area contributed by atoms with Crippen molar-refractivity contribution in [2.45, 2.75) is 6.42 Å². The molecule has 1 amide bonds. The smallest absolute Gasteiger partial charge is 0.269 e. The van der Waals surface area contributed by atoms with Crippen LogP contribution in [0.3, 0.4) is 0 Å². The molecule has 96 valence electrons. The van der Waals surface area contributed by atoms with Crippen molar-refractivity contribution >= 4 is 18.2 Å². The van der Waals surface area contributed by atoms with Crippen molar-refractivity contribution in [1.82, 2.24) is 5.43 Å². The fourth-order valence-electron chi connectivity index (χ4n) is 1.68. The molecule has 0 bridgehead atoms. The minimum atomic E-state index is 0.0750. The second-order valence-corrected chi connectivity index (χ2v) is 4.17. The van der Waals surface area contributed by atoms with Crippen LogP contribution in [0.5, 0.6) is 0 Å². The molecule has 0 radical (unpaired) electrons. The maximum absolute atomic E-state index is 10.9. The minimum absolute atomic E-state index is 0.0750. The van der Waals surface area contributed by atoms with Gasteiger partial charge in [-0.3, -0.25) is 4.79 Å². The van der Waals surface area contributed by atoms with Crippen molar-refractivity contribution in [3.63, 3.8) is 0 Å². The molecule has 0 unspecified atom stereocenters. The summed E-state index contributed by atoms with van der Waals surface area (Å²) in [7, 11) is 0. The lowest BCUT2D eigenvalue weighted by Crippen LogP contribution is -2.24. The van der Waals surface area contributed by atoms with E-state index in [4.69, 9.17) is 0 Å². The predicted octanol–water partition coefficient (Wildman–Crippen LogP) is 2.33. The standard InChI is InChI=1S/C16H16N2O/c19-16-12-14-18(17-16)13-8-3-1-2-5-9-15-10-6-4-7-11-15/h1-11,13H,12,14H2/p+1/b2-1+,8-3-,9-5+,18-13-. The Morgan fingerprint density at radius 1 is 1.00 bits per heavy atom. The van der Waals surface area contributed by atoms with E-state index in [0.717, 1.165) is 6.54 Å². The van der Waals surface area contributed by atoms with Crippen LogP contribution >= 0.6 is 0 Å². The molecular formula is C16H17N2O+. The fourth-order valence-corrected chi connectivity index (χ4v) is 1.68. The number of carbonyl (C=O) groups is 1. The third kappa shape index (κ3) is 4.76. The largest absolute Gasteiger partial charge is 0.280 e. The van der Waals surface area contributed by atoms with Crippen LogP contribution < -0.4 is 5.43 Å². The van der Waals surface area contributed by atoms with Crippen LogP contribution in [0.15, 0.2) is 60.7 Å². The van der Waals surface area contributed by atoms with Crippen LogP contribution in [0.2, 0.25) is 0 Å². The second kappa shape index (κ2) is 7.11. The van der Waals surface area contributed by atoms with Crippen molar-refractivity contribution in [2.75, 3.05) is 6.54 Å². The summed E-state index contributed by atoms with van der Waals surface area (Å²) in [4.78, 5) is 10.9. The van der Waals surface area contributed by atoms with Crippen LogP contribution in [0.25, 0.3) is 6.08 Å². The summed E-state index contributed by atoms with van der Waals surface area (Å²) in [5.41, 5.74) is 3.91. The van der Waals surface area contributed by atoms with Crippen LogP contribution in [0, 0.1) is 0 Å². The zero-order valence-electron chi connectivity index (χ0n) is 10.7. The lowest BCUT2D eigenvalue weighted by Gasteiger charge is -1.88. The summed E-state index contributed by atoms with van der Waals surface area (Å²) >= 11 is 0. The van der Waals surface area contributed by atoms with Crippen molar-refractivity contribution < 1.29 is 9.48 Å². The van der Waals surface area contributed by atoms with Gasteiger partial charge in [0.15, 0.2) is 12.8 Å². The van der Waals surface area contributed by atoms with Crippen molar-refractivity contribution in [1.29, 1.82) is 0 Å². The average Bonchev–Trinajstić information content (AvgIpc) is 2.85. The number of hydrazine groups is 1. The normalized spacial score (nSPS) is 18.1. The monoisotopic (exact) mass is 253 g/mol. The van der Waals surface area contributed by atoms with Crippen LogP contribution in [-0.2, 0) is 4.79 Å². The molecule has 0 aromatic heterocycles. The molecule has 3 heteroatoms. The van der Waals surface area contributed by atoms with E-state index in [1.807, 2.05) is 54.8 Å². The Bertz CT molecular complexity index is 539. The molecule has 0 atom stereocenters. The summed E-state index contributed by atoms with van der Waals surface area (Å²) in [6.07, 6.45) is 14.2. The number of benzene rings is 1. The average molecular weight is 253 g/mol. The van der Waals surface area contributed by atoms with Crippen LogP contribution in [0.4, 0.5) is 0 Å². The Hall–Kier alpha value is -2.42. The molecule has 1 aromatic carbocycles. The number of allylic oxidation sites excluding steroid dienone is 5. The SMILES string of the molecule is O=C1CC/[N+](=C/C=C\C=C\C=C\c2ccccc2)N1. The highest BCUT2D eigenvalue weighted by Crippen LogP contribution is 2.00. The minimum Gasteiger partial charge on any atom is -0.269 e. The highest BCUT2D eigenvalue weighted by Gasteiger charge is 2.19. The van der Waals surface area contributed by atoms with Gasteiger partial charge in [0.25, 0.3) is 5.91 Å². The van der Waals surface area contributed by atoms with E-state index in [-0.39, 0.29) is 5.91 Å². The molecule has 19 heavy (non-hydrogen) atoms. The van der Waals surface area contributed by atoms with Gasteiger partial charge in [-0.15, -0.1) is 10.1 Å². The molecule has 1 aromatic rings. The number of carbonyl (C=O) groups excluding carboxylic acids is 1. The van der Waals surface area contributed by atoms with Crippen molar-refractivity contribution in [3.8, 4) is 0 Å². The first-order chi connectivity index (χ1) is 9.34. The summed E-state index contributed by atoms with van der Waals surface area (Å²) in [6, 6.07) is 10.2. The molecular weight excluding hydrogens is 236 g/mol. The number of hydrazone groups is 1. The summed E-state index contributed by atoms with van der Waals surface area (Å²) in [6.45, 7) is 0.737. The van der Waals surface area contributed by atoms with Gasteiger partial charge in [0.2, 0.25) is 0 Å². The lowest BCUT2D eigenvalue weighted by molar-refractivity contribution is -0.553. The Balaban J connectivity index is 1.77. The topological polar surface area (TPSA) is 32.1 Å². The van der Waals surface area contributed by atoms with E-state index in [9.17, 15) is 4.79 Å². The number of hydrogen-bond acceptors (Lipinski definition) is 1. The molecule has 1 N–H and O–H groups in total. The zero-order valence-corrected chi connectivity index (χ0v) is 10.7. The molecule has 2 rings (SSSR count). The number of nitrogens with zero attached hydrogens (tertiary/aromatic N) is 1. The third-order valence-corrected chi connectivity index (χ3v) is 2.65. The Morgan fingerprint density at radius 2 is 1.74 bits per heavy atom. The van der Waals surface area contributed by atoms with E-state index >= 15 is 0 Å². The molecule has 0 spiro atoms. The van der Waals surface area contributed by atoms with E-state index < -0.39 is 0 Å². The molecule has 0 saturated carbocycles. The molecule has 3 nitrogen and oxygen atoms in total. The Kier molecular flexibility index (Phi) is 4.87. The second-order valence-electron chi connectivity index (χ2n) is 4.17. The van der Waals surface area contributed by atoms with Gasteiger partial charge in [0.1, 0.15) is 0 Å². The molecule has 1 aliphatic heterocycles. The highest BCUT2D eigenvalue weighted by atomic mass is 16.2. The van der Waals surface area contributed by atoms with Gasteiger partial charge in [-0.05, 0) is 5.56 Å². The van der Waals surface area contributed by atoms with Crippen molar-refractivity contribution in [3.05, 3.63) is 66.3 Å². The zero-order chi connectivity index (χ0) is 13.3. The van der Waals surface area contributed by atoms with E-state index in [2.05, 4.69) is 23.6 Å². The van der Waals surface area contributed by atoms with Crippen LogP contribution in [0.1, 0.15) is 12.0 Å². The lowest BCUT2D eigenvalue weighted by atomic mass is 10.2. The van der Waals surface area contributed by atoms with Gasteiger partial charge in [0, 0.05) is 6.08 Å². The summed E-state index contributed by atoms with van der Waals surface area (Å²) in [5, 5.41) is 0. The molecule has 1 aliphatic rings. The van der Waals surface area contributed by atoms with E-state index in [1.165, 1.54) is 5.56 Å². The van der Waals surface area contributed by atoms with Gasteiger partial charge >= 0.3 is 0 Å². The van der Waals surface area contributed by atoms with Gasteiger partial charge in [-0.1, -0.05) is 60.7 Å². The molecule has 1 heterocycles. The van der Waals surface area contributed by atoms with Gasteiger partial charge < -0.3 is 0 Å². The first kappa shape index (κ1) is 13.0. The Labute approximate surface area is 113 Å². The van der Waals surface area contributed by atoms with Crippen molar-refractivity contribution in [2.24, 2.45) is 0 Å². The van der Waals surface area contributed by atoms with Gasteiger partial charge in [0.05, 0.1) is 6.42 Å². The predicted molar refractivity (Wildman–Crippen MR) is 77.7 cm³/mol. The molecule has 1 fully saturated rings. The quantitative estimate of drug-likeness (QED) is 0.648. The number of nitrogens with one attached hydrogen (secondary N) is 1. The summed E-state index contributed by atoms with van der Waals surface area (Å²) in [5.74, 6) is 0.0750. The number of hydrogen-bond donors (Lipinski definition) is 1. The third-order valence-electron chi connectivity index (χ3n) is 2.65. The maximum Gasteiger partial charge on any atom is 0.280 e. The van der Waals surface area contributed by atoms with Gasteiger partial charge in [-0.25, -0.2) is 0 Å². The molecule has 1 saturated heterocycles. The fraction of sp³-hybridized carbons (Fsp3) is 0.125. The molecule has 0 aliphatic carbocycles. The summed E-state index contributed by atoms with van der Waals surface area (Å²) < 4.78 is 1.78. The van der Waals surface area contributed by atoms with E-state index in [1.54, 1.807) is 4.68 Å². The number of rotatable bonds is 4. The van der Waals surface area contributed by atoms with E-state index in [0.29, 0.717) is 6.42 Å². The van der Waals surface area contributed by atoms with Crippen LogP contribution in [-0.4, -0.2) is 23.4 Å². The Morgan fingerprint density at radius 3 is 2.47 bits per heavy atom. The highest BCUT2D eigenvalue weighted by molar-refractivity contribution is 5.77. The first-order valence-electron chi connectivity index (χ1n) is 6.31. The number of amides is 1. The maximum atomic E-state index is 10.9.